The number of thioether (sulfide) groups is 1. The molecule has 2 aromatic carbocycles. The van der Waals surface area contributed by atoms with E-state index in [-0.39, 0.29) is 18.1 Å². The van der Waals surface area contributed by atoms with Crippen LogP contribution < -0.4 is 10.4 Å². The maximum atomic E-state index is 12.1. The molecule has 0 bridgehead atoms. The molecule has 132 valence electrons. The summed E-state index contributed by atoms with van der Waals surface area (Å²) >= 11 is 1.22. The van der Waals surface area contributed by atoms with Gasteiger partial charge < -0.3 is 15.2 Å². The van der Waals surface area contributed by atoms with E-state index < -0.39 is 5.97 Å². The lowest BCUT2D eigenvalue weighted by Gasteiger charge is -2.07. The number of carboxylic acid groups (broad SMARTS) is 1. The molecule has 0 aliphatic rings. The van der Waals surface area contributed by atoms with E-state index >= 15 is 0 Å². The molecule has 1 aromatic heterocycles. The Labute approximate surface area is 153 Å². The maximum absolute atomic E-state index is 12.1. The summed E-state index contributed by atoms with van der Waals surface area (Å²) < 4.78 is 1.56. The molecule has 0 radical (unpaired) electrons. The monoisotopic (exact) mass is 368 g/mol. The van der Waals surface area contributed by atoms with Gasteiger partial charge in [0.2, 0.25) is 11.1 Å². The number of aromatic nitrogens is 4. The third-order valence-electron chi connectivity index (χ3n) is 3.36. The first kappa shape index (κ1) is 17.6. The molecule has 1 N–H and O–H groups in total. The van der Waals surface area contributed by atoms with E-state index in [4.69, 9.17) is 0 Å². The van der Waals surface area contributed by atoms with Gasteiger partial charge in [0.25, 0.3) is 0 Å². The molecule has 1 heterocycles. The summed E-state index contributed by atoms with van der Waals surface area (Å²) in [6.07, 6.45) is -0.160. The minimum atomic E-state index is -1.14. The summed E-state index contributed by atoms with van der Waals surface area (Å²) in [4.78, 5) is 22.7. The van der Waals surface area contributed by atoms with Crippen LogP contribution in [0.4, 0.5) is 5.69 Å². The van der Waals surface area contributed by atoms with E-state index in [1.807, 2.05) is 30.3 Å². The van der Waals surface area contributed by atoms with Crippen molar-refractivity contribution < 1.29 is 14.7 Å². The number of nitrogens with one attached hydrogen (secondary N) is 1. The van der Waals surface area contributed by atoms with Gasteiger partial charge in [-0.25, -0.2) is 0 Å². The van der Waals surface area contributed by atoms with E-state index in [9.17, 15) is 14.7 Å². The number of carbonyl (C=O) groups is 2. The molecule has 0 aliphatic heterocycles. The molecule has 3 aromatic rings. The van der Waals surface area contributed by atoms with Crippen LogP contribution in [-0.4, -0.2) is 37.8 Å². The predicted molar refractivity (Wildman–Crippen MR) is 93.7 cm³/mol. The van der Waals surface area contributed by atoms with Crippen LogP contribution >= 0.6 is 11.8 Å². The first-order valence-electron chi connectivity index (χ1n) is 7.67. The highest BCUT2D eigenvalue weighted by atomic mass is 32.2. The molecule has 8 nitrogen and oxygen atoms in total. The maximum Gasteiger partial charge on any atom is 0.234 e. The molecule has 9 heteroatoms. The van der Waals surface area contributed by atoms with Crippen molar-refractivity contribution in [3.8, 4) is 5.69 Å². The fraction of sp³-hybridized carbons (Fsp3) is 0.118. The summed E-state index contributed by atoms with van der Waals surface area (Å²) in [5, 5.41) is 25.3. The summed E-state index contributed by atoms with van der Waals surface area (Å²) in [6.45, 7) is 0. The Morgan fingerprint density at radius 2 is 1.81 bits per heavy atom. The van der Waals surface area contributed by atoms with Gasteiger partial charge in [0, 0.05) is 18.1 Å². The molecule has 0 saturated heterocycles. The Morgan fingerprint density at radius 1 is 1.08 bits per heavy atom. The Balaban J connectivity index is 1.57. The van der Waals surface area contributed by atoms with Crippen LogP contribution in [0.25, 0.3) is 5.69 Å². The van der Waals surface area contributed by atoms with Crippen LogP contribution in [-0.2, 0) is 16.0 Å². The highest BCUT2D eigenvalue weighted by Crippen LogP contribution is 2.18. The molecule has 0 spiro atoms. The minimum Gasteiger partial charge on any atom is -0.550 e. The van der Waals surface area contributed by atoms with Gasteiger partial charge in [0.15, 0.2) is 0 Å². The van der Waals surface area contributed by atoms with Gasteiger partial charge in [-0.1, -0.05) is 42.1 Å². The lowest BCUT2D eigenvalue weighted by Crippen LogP contribution is -2.24. The summed E-state index contributed by atoms with van der Waals surface area (Å²) in [7, 11) is 0. The van der Waals surface area contributed by atoms with Crippen molar-refractivity contribution in [2.45, 2.75) is 11.6 Å². The molecule has 1 amide bonds. The van der Waals surface area contributed by atoms with Gasteiger partial charge in [0.1, 0.15) is 0 Å². The van der Waals surface area contributed by atoms with E-state index in [2.05, 4.69) is 20.8 Å². The summed E-state index contributed by atoms with van der Waals surface area (Å²) in [5.41, 5.74) is 2.00. The summed E-state index contributed by atoms with van der Waals surface area (Å²) in [6, 6.07) is 16.0. The van der Waals surface area contributed by atoms with Crippen LogP contribution in [0, 0.1) is 0 Å². The van der Waals surface area contributed by atoms with Crippen molar-refractivity contribution in [2.75, 3.05) is 11.1 Å². The Morgan fingerprint density at radius 3 is 2.50 bits per heavy atom. The van der Waals surface area contributed by atoms with Gasteiger partial charge in [-0.3, -0.25) is 4.79 Å². The fourth-order valence-corrected chi connectivity index (χ4v) is 2.89. The molecule has 3 rings (SSSR count). The van der Waals surface area contributed by atoms with Gasteiger partial charge in [-0.2, -0.15) is 4.68 Å². The van der Waals surface area contributed by atoms with Crippen molar-refractivity contribution in [3.63, 3.8) is 0 Å². The zero-order valence-corrected chi connectivity index (χ0v) is 14.3. The van der Waals surface area contributed by atoms with Crippen molar-refractivity contribution in [1.29, 1.82) is 0 Å². The zero-order chi connectivity index (χ0) is 18.4. The quantitative estimate of drug-likeness (QED) is 0.610. The SMILES string of the molecule is O=C([O-])Cc1ccc(NC(=O)CSc2nnnn2-c2ccccc2)cc1. The average molecular weight is 368 g/mol. The van der Waals surface area contributed by atoms with Gasteiger partial charge in [-0.05, 0) is 40.3 Å². The van der Waals surface area contributed by atoms with Crippen molar-refractivity contribution in [1.82, 2.24) is 20.2 Å². The molecule has 0 saturated carbocycles. The van der Waals surface area contributed by atoms with E-state index in [0.717, 1.165) is 5.69 Å². The average Bonchev–Trinajstić information content (AvgIpc) is 3.11. The Hall–Kier alpha value is -3.20. The van der Waals surface area contributed by atoms with E-state index in [1.54, 1.807) is 28.9 Å². The van der Waals surface area contributed by atoms with Crippen LogP contribution in [0.3, 0.4) is 0 Å². The lowest BCUT2D eigenvalue weighted by molar-refractivity contribution is -0.304. The molecule has 0 atom stereocenters. The number of rotatable bonds is 7. The molecule has 0 unspecified atom stereocenters. The molecule has 26 heavy (non-hydrogen) atoms. The van der Waals surface area contributed by atoms with Crippen LogP contribution in [0.2, 0.25) is 0 Å². The number of nitrogens with zero attached hydrogens (tertiary/aromatic N) is 4. The van der Waals surface area contributed by atoms with Crippen LogP contribution in [0.1, 0.15) is 5.56 Å². The first-order valence-corrected chi connectivity index (χ1v) is 8.65. The van der Waals surface area contributed by atoms with Gasteiger partial charge in [-0.15, -0.1) is 5.10 Å². The largest absolute Gasteiger partial charge is 0.550 e. The lowest BCUT2D eigenvalue weighted by atomic mass is 10.1. The number of benzene rings is 2. The number of amides is 1. The van der Waals surface area contributed by atoms with E-state index in [1.165, 1.54) is 11.8 Å². The fourth-order valence-electron chi connectivity index (χ4n) is 2.20. The predicted octanol–water partition coefficient (Wildman–Crippen LogP) is 0.685. The number of carbonyl (C=O) groups excluding carboxylic acids is 2. The topological polar surface area (TPSA) is 113 Å². The van der Waals surface area contributed by atoms with Crippen LogP contribution in [0.15, 0.2) is 59.8 Å². The second-order valence-electron chi connectivity index (χ2n) is 5.29. The number of para-hydroxylation sites is 1. The molecule has 0 aliphatic carbocycles. The normalized spacial score (nSPS) is 10.5. The molecular formula is C17H14N5O3S-. The number of hydrogen-bond acceptors (Lipinski definition) is 7. The third kappa shape index (κ3) is 4.67. The molecular weight excluding hydrogens is 354 g/mol. The zero-order valence-electron chi connectivity index (χ0n) is 13.5. The summed E-state index contributed by atoms with van der Waals surface area (Å²) in [5.74, 6) is -1.23. The Kier molecular flexibility index (Phi) is 5.59. The van der Waals surface area contributed by atoms with Gasteiger partial charge >= 0.3 is 0 Å². The molecule has 0 fully saturated rings. The van der Waals surface area contributed by atoms with Crippen LogP contribution in [0.5, 0.6) is 0 Å². The Bertz CT molecular complexity index is 896. The van der Waals surface area contributed by atoms with E-state index in [0.29, 0.717) is 16.4 Å². The number of tetrazole rings is 1. The number of hydrogen-bond donors (Lipinski definition) is 1. The second kappa shape index (κ2) is 8.26. The standard InChI is InChI=1S/C17H15N5O3S/c23-15(18-13-8-6-12(7-9-13)10-16(24)25)11-26-17-19-20-21-22(17)14-4-2-1-3-5-14/h1-9H,10-11H2,(H,18,23)(H,24,25)/p-1. The highest BCUT2D eigenvalue weighted by molar-refractivity contribution is 7.99. The number of anilines is 1. The smallest absolute Gasteiger partial charge is 0.234 e. The van der Waals surface area contributed by atoms with Gasteiger partial charge in [0.05, 0.1) is 11.4 Å². The number of aliphatic carboxylic acids is 1. The van der Waals surface area contributed by atoms with Crippen molar-refractivity contribution in [3.05, 3.63) is 60.2 Å². The van der Waals surface area contributed by atoms with Crippen molar-refractivity contribution >= 4 is 29.3 Å². The third-order valence-corrected chi connectivity index (χ3v) is 4.28. The minimum absolute atomic E-state index is 0.133. The first-order chi connectivity index (χ1) is 12.6. The second-order valence-corrected chi connectivity index (χ2v) is 6.23. The highest BCUT2D eigenvalue weighted by Gasteiger charge is 2.11. The van der Waals surface area contributed by atoms with Crippen molar-refractivity contribution in [2.24, 2.45) is 0 Å². The number of carboxylic acids is 1.